The lowest BCUT2D eigenvalue weighted by Gasteiger charge is -2.13. The van der Waals surface area contributed by atoms with Crippen molar-refractivity contribution in [2.75, 3.05) is 0 Å². The highest BCUT2D eigenvalue weighted by atomic mass is 127. The monoisotopic (exact) mass is 270 g/mol. The molecule has 1 aromatic rings. The van der Waals surface area contributed by atoms with E-state index in [1.807, 2.05) is 0 Å². The first-order valence-electron chi connectivity index (χ1n) is 4.23. The molecule has 0 radical (unpaired) electrons. The third-order valence-corrected chi connectivity index (χ3v) is 3.20. The highest BCUT2D eigenvalue weighted by Gasteiger charge is 2.07. The first-order valence-corrected chi connectivity index (χ1v) is 5.31. The number of halogens is 1. The van der Waals surface area contributed by atoms with Crippen molar-refractivity contribution in [2.24, 2.45) is 0 Å². The molecule has 0 aliphatic heterocycles. The number of hydrogen-bond donors (Lipinski definition) is 0. The van der Waals surface area contributed by atoms with Crippen LogP contribution in [0.25, 0.3) is 6.08 Å². The number of rotatable bonds is 0. The molecule has 0 N–H and O–H groups in total. The van der Waals surface area contributed by atoms with Crippen molar-refractivity contribution < 1.29 is 0 Å². The van der Waals surface area contributed by atoms with Crippen LogP contribution in [0.2, 0.25) is 0 Å². The molecule has 0 fully saturated rings. The Labute approximate surface area is 86.8 Å². The maximum Gasteiger partial charge on any atom is 0.0171 e. The lowest BCUT2D eigenvalue weighted by atomic mass is 9.96. The van der Waals surface area contributed by atoms with E-state index in [2.05, 4.69) is 53.8 Å². The van der Waals surface area contributed by atoms with E-state index in [-0.39, 0.29) is 0 Å². The Balaban J connectivity index is 2.62. The number of aryl methyl sites for hydroxylation is 1. The second-order valence-electron chi connectivity index (χ2n) is 3.26. The summed E-state index contributed by atoms with van der Waals surface area (Å²) in [5, 5.41) is 0. The van der Waals surface area contributed by atoms with Crippen molar-refractivity contribution in [1.82, 2.24) is 0 Å². The van der Waals surface area contributed by atoms with Crippen molar-refractivity contribution >= 4 is 28.7 Å². The van der Waals surface area contributed by atoms with Gasteiger partial charge in [-0.2, -0.15) is 0 Å². The second kappa shape index (κ2) is 3.21. The molecule has 0 amide bonds. The molecule has 0 aromatic heterocycles. The van der Waals surface area contributed by atoms with Crippen LogP contribution in [0.5, 0.6) is 0 Å². The van der Waals surface area contributed by atoms with Crippen LogP contribution < -0.4 is 0 Å². The lowest BCUT2D eigenvalue weighted by Crippen LogP contribution is -1.97. The second-order valence-corrected chi connectivity index (χ2v) is 4.42. The van der Waals surface area contributed by atoms with Gasteiger partial charge in [-0.15, -0.1) is 0 Å². The fraction of sp³-hybridized carbons (Fsp3) is 0.273. The zero-order valence-corrected chi connectivity index (χ0v) is 9.26. The summed E-state index contributed by atoms with van der Waals surface area (Å²) in [4.78, 5) is 0. The minimum atomic E-state index is 1.20. The van der Waals surface area contributed by atoms with Gasteiger partial charge in [-0.05, 0) is 65.1 Å². The fourth-order valence-corrected chi connectivity index (χ4v) is 2.72. The first-order chi connectivity index (χ1) is 5.77. The number of benzene rings is 1. The van der Waals surface area contributed by atoms with E-state index >= 15 is 0 Å². The quantitative estimate of drug-likeness (QED) is 0.632. The van der Waals surface area contributed by atoms with Crippen molar-refractivity contribution in [3.8, 4) is 0 Å². The maximum atomic E-state index is 2.43. The van der Waals surface area contributed by atoms with Gasteiger partial charge in [0.1, 0.15) is 0 Å². The Morgan fingerprint density at radius 2 is 2.17 bits per heavy atom. The van der Waals surface area contributed by atoms with Gasteiger partial charge in [0, 0.05) is 3.57 Å². The molecular formula is C11H11I. The van der Waals surface area contributed by atoms with Gasteiger partial charge in [-0.3, -0.25) is 0 Å². The molecule has 62 valence electrons. The average molecular weight is 270 g/mol. The molecule has 1 aromatic carbocycles. The summed E-state index contributed by atoms with van der Waals surface area (Å²) in [6.45, 7) is 2.16. The predicted molar refractivity (Wildman–Crippen MR) is 61.3 cm³/mol. The summed E-state index contributed by atoms with van der Waals surface area (Å²) in [5.41, 5.74) is 4.32. The van der Waals surface area contributed by atoms with E-state index in [1.54, 1.807) is 0 Å². The molecule has 0 saturated carbocycles. The van der Waals surface area contributed by atoms with Gasteiger partial charge in [0.05, 0.1) is 0 Å². The van der Waals surface area contributed by atoms with E-state index < -0.39 is 0 Å². The van der Waals surface area contributed by atoms with E-state index in [9.17, 15) is 0 Å². The normalized spacial score (nSPS) is 14.5. The van der Waals surface area contributed by atoms with E-state index in [1.165, 1.54) is 33.1 Å². The summed E-state index contributed by atoms with van der Waals surface area (Å²) < 4.78 is 1.42. The Morgan fingerprint density at radius 3 is 3.00 bits per heavy atom. The Bertz CT molecular complexity index is 337. The predicted octanol–water partition coefficient (Wildman–Crippen LogP) is 3.56. The molecule has 2 rings (SSSR count). The van der Waals surface area contributed by atoms with Crippen molar-refractivity contribution in [3.63, 3.8) is 0 Å². The van der Waals surface area contributed by atoms with Crippen LogP contribution in [0, 0.1) is 10.5 Å². The van der Waals surface area contributed by atoms with Gasteiger partial charge in [0.2, 0.25) is 0 Å². The average Bonchev–Trinajstić information content (AvgIpc) is 2.04. The largest absolute Gasteiger partial charge is 0.0836 e. The van der Waals surface area contributed by atoms with Crippen molar-refractivity contribution in [1.29, 1.82) is 0 Å². The van der Waals surface area contributed by atoms with Crippen LogP contribution in [0.3, 0.4) is 0 Å². The maximum absolute atomic E-state index is 2.43. The molecule has 12 heavy (non-hydrogen) atoms. The highest BCUT2D eigenvalue weighted by molar-refractivity contribution is 14.1. The van der Waals surface area contributed by atoms with Crippen LogP contribution >= 0.6 is 22.6 Å². The number of hydrogen-bond acceptors (Lipinski definition) is 0. The molecule has 1 aliphatic rings. The summed E-state index contributed by atoms with van der Waals surface area (Å²) in [6, 6.07) is 4.53. The zero-order chi connectivity index (χ0) is 8.55. The first kappa shape index (κ1) is 8.30. The van der Waals surface area contributed by atoms with Gasteiger partial charge in [0.25, 0.3) is 0 Å². The topological polar surface area (TPSA) is 0 Å². The van der Waals surface area contributed by atoms with Gasteiger partial charge in [-0.25, -0.2) is 0 Å². The third-order valence-electron chi connectivity index (χ3n) is 2.23. The summed E-state index contributed by atoms with van der Waals surface area (Å²) in [7, 11) is 0. The van der Waals surface area contributed by atoms with E-state index in [0.29, 0.717) is 0 Å². The van der Waals surface area contributed by atoms with Gasteiger partial charge in [-0.1, -0.05) is 18.2 Å². The van der Waals surface area contributed by atoms with Gasteiger partial charge >= 0.3 is 0 Å². The molecule has 0 atom stereocenters. The highest BCUT2D eigenvalue weighted by Crippen LogP contribution is 2.25. The van der Waals surface area contributed by atoms with Crippen LogP contribution in [-0.4, -0.2) is 0 Å². The molecule has 0 spiro atoms. The zero-order valence-electron chi connectivity index (χ0n) is 7.10. The smallest absolute Gasteiger partial charge is 0.0171 e. The van der Waals surface area contributed by atoms with E-state index in [0.717, 1.165) is 0 Å². The van der Waals surface area contributed by atoms with Crippen LogP contribution in [0.4, 0.5) is 0 Å². The number of fused-ring (bicyclic) bond motifs is 1. The minimum Gasteiger partial charge on any atom is -0.0836 e. The Kier molecular flexibility index (Phi) is 2.22. The molecule has 1 heteroatoms. The van der Waals surface area contributed by atoms with Crippen LogP contribution in [0.1, 0.15) is 23.1 Å². The molecule has 0 heterocycles. The summed E-state index contributed by atoms with van der Waals surface area (Å²) >= 11 is 2.43. The van der Waals surface area contributed by atoms with Crippen LogP contribution in [-0.2, 0) is 6.42 Å². The Hall–Kier alpha value is -0.310. The van der Waals surface area contributed by atoms with Gasteiger partial charge in [0.15, 0.2) is 0 Å². The molecule has 0 unspecified atom stereocenters. The van der Waals surface area contributed by atoms with Gasteiger partial charge < -0.3 is 0 Å². The molecule has 0 saturated heterocycles. The third kappa shape index (κ3) is 1.42. The Morgan fingerprint density at radius 1 is 1.33 bits per heavy atom. The lowest BCUT2D eigenvalue weighted by molar-refractivity contribution is 0.975. The summed E-state index contributed by atoms with van der Waals surface area (Å²) in [6.07, 6.45) is 6.92. The molecule has 0 bridgehead atoms. The van der Waals surface area contributed by atoms with E-state index in [4.69, 9.17) is 0 Å². The standard InChI is InChI=1S/C11H11I/c1-8-6-9-4-2-3-5-10(9)11(12)7-8/h2,4,6-7H,3,5H2,1H3. The molecule has 0 nitrogen and oxygen atoms in total. The van der Waals surface area contributed by atoms with Crippen LogP contribution in [0.15, 0.2) is 18.2 Å². The minimum absolute atomic E-state index is 1.20. The fourth-order valence-electron chi connectivity index (χ4n) is 1.65. The molecular weight excluding hydrogens is 259 g/mol. The SMILES string of the molecule is Cc1cc(I)c2c(c1)C=CCC2. The summed E-state index contributed by atoms with van der Waals surface area (Å²) in [5.74, 6) is 0. The molecule has 1 aliphatic carbocycles. The van der Waals surface area contributed by atoms with Crippen molar-refractivity contribution in [3.05, 3.63) is 38.5 Å². The number of allylic oxidation sites excluding steroid dienone is 1. The van der Waals surface area contributed by atoms with Crippen molar-refractivity contribution in [2.45, 2.75) is 19.8 Å².